The van der Waals surface area contributed by atoms with E-state index in [1.54, 1.807) is 0 Å². The normalized spacial score (nSPS) is 13.9. The molecule has 3 aromatic rings. The minimum Gasteiger partial charge on any atom is -0.374 e. The number of hydrogen-bond acceptors (Lipinski definition) is 3. The molecule has 3 nitrogen and oxygen atoms in total. The van der Waals surface area contributed by atoms with Crippen molar-refractivity contribution in [2.75, 3.05) is 19.8 Å². The van der Waals surface area contributed by atoms with E-state index >= 15 is 0 Å². The van der Waals surface area contributed by atoms with Crippen LogP contribution in [0.15, 0.2) is 54.6 Å². The standard InChI is InChI=1S/C18H13F.C14H32O3Si.C13H28/c19-18-7-3-6-14-16-9-8-12-4-1-2-5-13(12)15(16)10-11-17(14)18;1-5-9-10-11-12-13-14-18(15-6-2,16-7-3)17-8-4;1-3-5-7-9-11-13-12-10-8-6-4-2/h1-6,8-11,18H,7H2;5-14H2,1-4H3;3-13H2,1-2H3. The Morgan fingerprint density at radius 3 is 1.54 bits per heavy atom. The molecule has 0 fully saturated rings. The number of halogens is 1. The van der Waals surface area contributed by atoms with Gasteiger partial charge in [-0.05, 0) is 59.9 Å². The van der Waals surface area contributed by atoms with Crippen molar-refractivity contribution in [2.45, 2.75) is 169 Å². The first kappa shape index (κ1) is 44.1. The highest BCUT2D eigenvalue weighted by Crippen LogP contribution is 2.37. The fraction of sp³-hybridized carbons (Fsp3) is 0.644. The number of alkyl halides is 1. The molecule has 0 saturated heterocycles. The average molecular weight is 709 g/mol. The minimum absolute atomic E-state index is 0.492. The number of allylic oxidation sites excluding steroid dienone is 1. The van der Waals surface area contributed by atoms with E-state index in [2.05, 4.69) is 63.2 Å². The van der Waals surface area contributed by atoms with Crippen LogP contribution in [0.2, 0.25) is 6.04 Å². The zero-order valence-electron chi connectivity index (χ0n) is 33.0. The number of unbranched alkanes of at least 4 members (excludes halogenated alkanes) is 15. The lowest BCUT2D eigenvalue weighted by Gasteiger charge is -2.28. The number of fused-ring (bicyclic) bond motifs is 5. The molecule has 1 unspecified atom stereocenters. The summed E-state index contributed by atoms with van der Waals surface area (Å²) in [6.07, 6.45) is 27.3. The monoisotopic (exact) mass is 709 g/mol. The van der Waals surface area contributed by atoms with Crippen molar-refractivity contribution in [1.29, 1.82) is 0 Å². The third kappa shape index (κ3) is 16.1. The number of benzene rings is 3. The number of hydrogen-bond donors (Lipinski definition) is 0. The van der Waals surface area contributed by atoms with Crippen LogP contribution >= 0.6 is 0 Å². The molecule has 0 aliphatic heterocycles. The van der Waals surface area contributed by atoms with Gasteiger partial charge in [-0.1, -0.05) is 184 Å². The summed E-state index contributed by atoms with van der Waals surface area (Å²) in [7, 11) is -2.36. The highest BCUT2D eigenvalue weighted by atomic mass is 28.4. The van der Waals surface area contributed by atoms with Gasteiger partial charge in [0.25, 0.3) is 0 Å². The van der Waals surface area contributed by atoms with Crippen LogP contribution in [0.5, 0.6) is 0 Å². The first-order valence-corrected chi connectivity index (χ1v) is 22.6. The Kier molecular flexibility index (Phi) is 24.3. The fourth-order valence-corrected chi connectivity index (χ4v) is 9.57. The molecule has 1 atom stereocenters. The summed E-state index contributed by atoms with van der Waals surface area (Å²) in [4.78, 5) is 0. The van der Waals surface area contributed by atoms with Gasteiger partial charge >= 0.3 is 8.80 Å². The number of rotatable bonds is 23. The Labute approximate surface area is 308 Å². The second-order valence-corrected chi connectivity index (χ2v) is 16.5. The summed E-state index contributed by atoms with van der Waals surface area (Å²) in [5.41, 5.74) is 1.87. The summed E-state index contributed by atoms with van der Waals surface area (Å²) >= 11 is 0. The van der Waals surface area contributed by atoms with Crippen LogP contribution in [0.4, 0.5) is 4.39 Å². The molecular weight excluding hydrogens is 636 g/mol. The highest BCUT2D eigenvalue weighted by Gasteiger charge is 2.39. The summed E-state index contributed by atoms with van der Waals surface area (Å²) < 4.78 is 31.5. The quantitative estimate of drug-likeness (QED) is 0.0557. The smallest absolute Gasteiger partial charge is 0.374 e. The third-order valence-corrected chi connectivity index (χ3v) is 12.8. The van der Waals surface area contributed by atoms with Crippen LogP contribution < -0.4 is 0 Å². The highest BCUT2D eigenvalue weighted by molar-refractivity contribution is 6.60. The van der Waals surface area contributed by atoms with Crippen LogP contribution in [-0.2, 0) is 13.3 Å². The first-order chi connectivity index (χ1) is 24.5. The Hall–Kier alpha value is -2.05. The molecule has 4 rings (SSSR count). The molecule has 0 spiro atoms. The second-order valence-electron chi connectivity index (χ2n) is 13.7. The van der Waals surface area contributed by atoms with Crippen molar-refractivity contribution in [3.63, 3.8) is 0 Å². The van der Waals surface area contributed by atoms with E-state index in [4.69, 9.17) is 13.3 Å². The molecule has 0 radical (unpaired) electrons. The molecule has 282 valence electrons. The molecule has 0 saturated carbocycles. The van der Waals surface area contributed by atoms with Crippen molar-refractivity contribution in [1.82, 2.24) is 0 Å². The van der Waals surface area contributed by atoms with E-state index in [0.717, 1.165) is 29.0 Å². The Morgan fingerprint density at radius 2 is 1.02 bits per heavy atom. The lowest BCUT2D eigenvalue weighted by Crippen LogP contribution is -2.45. The summed E-state index contributed by atoms with van der Waals surface area (Å²) in [6.45, 7) is 14.9. The second kappa shape index (κ2) is 27.6. The van der Waals surface area contributed by atoms with E-state index < -0.39 is 15.0 Å². The molecule has 0 N–H and O–H groups in total. The van der Waals surface area contributed by atoms with Gasteiger partial charge in [-0.3, -0.25) is 0 Å². The lowest BCUT2D eigenvalue weighted by atomic mass is 9.89. The van der Waals surface area contributed by atoms with E-state index in [1.165, 1.54) is 119 Å². The van der Waals surface area contributed by atoms with Gasteiger partial charge in [0.2, 0.25) is 0 Å². The molecule has 0 aromatic heterocycles. The zero-order chi connectivity index (χ0) is 36.3. The molecule has 0 amide bonds. The van der Waals surface area contributed by atoms with Gasteiger partial charge in [0, 0.05) is 32.3 Å². The fourth-order valence-electron chi connectivity index (χ4n) is 6.88. The topological polar surface area (TPSA) is 27.7 Å². The largest absolute Gasteiger partial charge is 0.500 e. The predicted octanol–water partition coefficient (Wildman–Crippen LogP) is 15.1. The average Bonchev–Trinajstić information content (AvgIpc) is 3.13. The maximum atomic E-state index is 14.0. The lowest BCUT2D eigenvalue weighted by molar-refractivity contribution is 0.0706. The minimum atomic E-state index is -2.36. The Bertz CT molecular complexity index is 1280. The molecule has 50 heavy (non-hydrogen) atoms. The SMILES string of the molecule is CCCCCCCCCCCCC.CCCCCCCC[Si](OCC)(OCC)OCC.FC1CC=Cc2c1ccc1c2ccc2ccccc21. The molecule has 3 aromatic carbocycles. The molecule has 5 heteroatoms. The maximum Gasteiger partial charge on any atom is 0.500 e. The summed E-state index contributed by atoms with van der Waals surface area (Å²) in [6, 6.07) is 17.5. The van der Waals surface area contributed by atoms with Crippen molar-refractivity contribution >= 4 is 36.4 Å². The zero-order valence-corrected chi connectivity index (χ0v) is 34.0. The first-order valence-electron chi connectivity index (χ1n) is 20.7. The van der Waals surface area contributed by atoms with Crippen LogP contribution in [0.3, 0.4) is 0 Å². The van der Waals surface area contributed by atoms with Gasteiger partial charge in [-0.2, -0.15) is 0 Å². The van der Waals surface area contributed by atoms with E-state index in [1.807, 2.05) is 39.0 Å². The van der Waals surface area contributed by atoms with Crippen LogP contribution in [0, 0.1) is 0 Å². The van der Waals surface area contributed by atoms with Crippen molar-refractivity contribution in [3.05, 3.63) is 65.7 Å². The van der Waals surface area contributed by atoms with E-state index in [-0.39, 0.29) is 0 Å². The molecule has 1 aliphatic rings. The van der Waals surface area contributed by atoms with Gasteiger partial charge < -0.3 is 13.3 Å². The Balaban J connectivity index is 0.000000266. The van der Waals surface area contributed by atoms with Crippen molar-refractivity contribution in [3.8, 4) is 0 Å². The molecule has 0 bridgehead atoms. The summed E-state index contributed by atoms with van der Waals surface area (Å²) in [5.74, 6) is 0. The van der Waals surface area contributed by atoms with Gasteiger partial charge in [0.05, 0.1) is 0 Å². The van der Waals surface area contributed by atoms with Gasteiger partial charge in [-0.15, -0.1) is 0 Å². The van der Waals surface area contributed by atoms with Crippen molar-refractivity contribution < 1.29 is 17.7 Å². The third-order valence-electron chi connectivity index (χ3n) is 9.60. The van der Waals surface area contributed by atoms with Gasteiger partial charge in [-0.25, -0.2) is 4.39 Å². The van der Waals surface area contributed by atoms with Gasteiger partial charge in [0.1, 0.15) is 6.17 Å². The van der Waals surface area contributed by atoms with Crippen LogP contribution in [0.1, 0.15) is 174 Å². The van der Waals surface area contributed by atoms with Crippen LogP contribution in [-0.4, -0.2) is 28.6 Å². The Morgan fingerprint density at radius 1 is 0.540 bits per heavy atom. The molecular formula is C45H73FO3Si. The summed E-state index contributed by atoms with van der Waals surface area (Å²) in [5, 5.41) is 4.81. The molecule has 1 aliphatic carbocycles. The maximum absolute atomic E-state index is 14.0. The predicted molar refractivity (Wildman–Crippen MR) is 220 cm³/mol. The van der Waals surface area contributed by atoms with Gasteiger partial charge in [0.15, 0.2) is 0 Å². The van der Waals surface area contributed by atoms with Crippen LogP contribution in [0.25, 0.3) is 27.6 Å². The van der Waals surface area contributed by atoms with E-state index in [0.29, 0.717) is 26.2 Å². The van der Waals surface area contributed by atoms with Crippen molar-refractivity contribution in [2.24, 2.45) is 0 Å². The molecule has 0 heterocycles. The van der Waals surface area contributed by atoms with E-state index in [9.17, 15) is 4.39 Å².